The lowest BCUT2D eigenvalue weighted by Gasteiger charge is -2.27. The van der Waals surface area contributed by atoms with Gasteiger partial charge in [0.25, 0.3) is 0 Å². The van der Waals surface area contributed by atoms with E-state index in [2.05, 4.69) is 74.2 Å². The number of nitrogens with zero attached hydrogens (tertiary/aromatic N) is 3. The zero-order valence-corrected chi connectivity index (χ0v) is 19.3. The maximum absolute atomic E-state index is 5.79. The average Bonchev–Trinajstić information content (AvgIpc) is 2.94. The minimum Gasteiger partial charge on any atom is -0.443 e. The third-order valence-corrected chi connectivity index (χ3v) is 3.90. The van der Waals surface area contributed by atoms with E-state index in [1.165, 1.54) is 0 Å². The third kappa shape index (κ3) is 8.89. The summed E-state index contributed by atoms with van der Waals surface area (Å²) in [5, 5.41) is 6.65. The first-order chi connectivity index (χ1) is 11.1. The van der Waals surface area contributed by atoms with E-state index in [0.717, 1.165) is 24.7 Å². The number of nitrogens with one attached hydrogen (secondary N) is 2. The van der Waals surface area contributed by atoms with Crippen LogP contribution in [0.2, 0.25) is 0 Å². The van der Waals surface area contributed by atoms with Gasteiger partial charge in [-0.15, -0.1) is 24.0 Å². The summed E-state index contributed by atoms with van der Waals surface area (Å²) in [5.74, 6) is 3.00. The van der Waals surface area contributed by atoms with Crippen molar-refractivity contribution in [3.63, 3.8) is 0 Å². The Morgan fingerprint density at radius 1 is 1.28 bits per heavy atom. The van der Waals surface area contributed by atoms with Gasteiger partial charge < -0.3 is 20.0 Å². The lowest BCUT2D eigenvalue weighted by molar-refractivity contribution is 0.254. The van der Waals surface area contributed by atoms with Crippen molar-refractivity contribution in [3.8, 4) is 0 Å². The maximum Gasteiger partial charge on any atom is 0.213 e. The van der Waals surface area contributed by atoms with Crippen LogP contribution < -0.4 is 10.6 Å². The average molecular weight is 465 g/mol. The van der Waals surface area contributed by atoms with E-state index in [4.69, 9.17) is 4.42 Å². The van der Waals surface area contributed by atoms with Crippen molar-refractivity contribution in [3.05, 3.63) is 17.8 Å². The van der Waals surface area contributed by atoms with Gasteiger partial charge in [0.1, 0.15) is 5.76 Å². The topological polar surface area (TPSA) is 65.7 Å². The molecule has 0 aliphatic heterocycles. The first-order valence-corrected chi connectivity index (χ1v) is 8.69. The van der Waals surface area contributed by atoms with Gasteiger partial charge in [-0.1, -0.05) is 34.6 Å². The molecule has 0 spiro atoms. The Morgan fingerprint density at radius 3 is 2.36 bits per heavy atom. The second-order valence-electron chi connectivity index (χ2n) is 7.92. The van der Waals surface area contributed by atoms with Crippen LogP contribution >= 0.6 is 24.0 Å². The van der Waals surface area contributed by atoms with Gasteiger partial charge in [-0.05, 0) is 26.4 Å². The Morgan fingerprint density at radius 2 is 1.92 bits per heavy atom. The highest BCUT2D eigenvalue weighted by Gasteiger charge is 2.19. The van der Waals surface area contributed by atoms with Crippen molar-refractivity contribution in [1.82, 2.24) is 20.5 Å². The Kier molecular flexibility index (Phi) is 10.6. The van der Waals surface area contributed by atoms with Crippen LogP contribution in [0.25, 0.3) is 0 Å². The summed E-state index contributed by atoms with van der Waals surface area (Å²) in [6.07, 6.45) is 2.95. The number of oxazole rings is 1. The van der Waals surface area contributed by atoms with Crippen LogP contribution in [0.15, 0.2) is 15.6 Å². The standard InChI is InChI=1S/C18H35N5O.HI/c1-13(2)9-14(23(7)8)10-21-17(19-6)22-12-16-20-11-15(24-16)18(3,4)5;/h11,13-14H,9-10,12H2,1-8H3,(H2,19,21,22);1H. The molecule has 1 unspecified atom stereocenters. The minimum atomic E-state index is -0.0268. The van der Waals surface area contributed by atoms with E-state index in [1.807, 2.05) is 0 Å². The molecular weight excluding hydrogens is 429 g/mol. The smallest absolute Gasteiger partial charge is 0.213 e. The summed E-state index contributed by atoms with van der Waals surface area (Å²) in [6, 6.07) is 0.470. The van der Waals surface area contributed by atoms with Crippen LogP contribution in [-0.4, -0.2) is 49.6 Å². The fourth-order valence-corrected chi connectivity index (χ4v) is 2.35. The van der Waals surface area contributed by atoms with Crippen LogP contribution in [0.1, 0.15) is 52.7 Å². The van der Waals surface area contributed by atoms with Crippen molar-refractivity contribution < 1.29 is 4.42 Å². The quantitative estimate of drug-likeness (QED) is 0.368. The van der Waals surface area contributed by atoms with Gasteiger partial charge in [0.15, 0.2) is 5.96 Å². The van der Waals surface area contributed by atoms with Crippen molar-refractivity contribution in [1.29, 1.82) is 0 Å². The molecule has 6 nitrogen and oxygen atoms in total. The van der Waals surface area contributed by atoms with E-state index < -0.39 is 0 Å². The van der Waals surface area contributed by atoms with Crippen LogP contribution in [0.4, 0.5) is 0 Å². The fraction of sp³-hybridized carbons (Fsp3) is 0.778. The zero-order valence-electron chi connectivity index (χ0n) is 17.0. The van der Waals surface area contributed by atoms with E-state index in [9.17, 15) is 0 Å². The Labute approximate surface area is 170 Å². The number of likely N-dealkylation sites (N-methyl/N-ethyl adjacent to an activating group) is 1. The predicted octanol–water partition coefficient (Wildman–Crippen LogP) is 3.23. The molecule has 7 heteroatoms. The summed E-state index contributed by atoms with van der Waals surface area (Å²) >= 11 is 0. The molecule has 146 valence electrons. The van der Waals surface area contributed by atoms with E-state index >= 15 is 0 Å². The van der Waals surface area contributed by atoms with E-state index in [0.29, 0.717) is 24.4 Å². The van der Waals surface area contributed by atoms with Gasteiger partial charge in [-0.25, -0.2) is 4.98 Å². The summed E-state index contributed by atoms with van der Waals surface area (Å²) in [7, 11) is 6.01. The van der Waals surface area contributed by atoms with Crippen LogP contribution in [-0.2, 0) is 12.0 Å². The second kappa shape index (κ2) is 11.0. The normalized spacial score (nSPS) is 13.8. The highest BCUT2D eigenvalue weighted by atomic mass is 127. The first kappa shape index (κ1) is 24.2. The Bertz CT molecular complexity index is 520. The lowest BCUT2D eigenvalue weighted by atomic mass is 9.94. The van der Waals surface area contributed by atoms with Crippen molar-refractivity contribution in [2.45, 2.75) is 59.0 Å². The number of hydrogen-bond donors (Lipinski definition) is 2. The number of aliphatic imine (C=N–C) groups is 1. The van der Waals surface area contributed by atoms with Gasteiger partial charge in [-0.2, -0.15) is 0 Å². The highest BCUT2D eigenvalue weighted by Crippen LogP contribution is 2.22. The SMILES string of the molecule is CN=C(NCc1ncc(C(C)(C)C)o1)NCC(CC(C)C)N(C)C.I. The van der Waals surface area contributed by atoms with Crippen molar-refractivity contribution >= 4 is 29.9 Å². The molecule has 0 aliphatic carbocycles. The molecule has 0 aliphatic rings. The molecule has 0 bridgehead atoms. The van der Waals surface area contributed by atoms with Crippen molar-refractivity contribution in [2.24, 2.45) is 10.9 Å². The first-order valence-electron chi connectivity index (χ1n) is 8.69. The van der Waals surface area contributed by atoms with E-state index in [1.54, 1.807) is 13.2 Å². The molecule has 1 rings (SSSR count). The third-order valence-electron chi connectivity index (χ3n) is 3.90. The number of guanidine groups is 1. The fourth-order valence-electron chi connectivity index (χ4n) is 2.35. The van der Waals surface area contributed by atoms with Gasteiger partial charge in [0.2, 0.25) is 5.89 Å². The summed E-state index contributed by atoms with van der Waals surface area (Å²) in [5.41, 5.74) is -0.0268. The molecule has 1 atom stereocenters. The number of rotatable bonds is 7. The summed E-state index contributed by atoms with van der Waals surface area (Å²) in [4.78, 5) is 10.9. The number of hydrogen-bond acceptors (Lipinski definition) is 4. The largest absolute Gasteiger partial charge is 0.443 e. The Balaban J connectivity index is 0.00000576. The van der Waals surface area contributed by atoms with Crippen LogP contribution in [0.3, 0.4) is 0 Å². The second-order valence-corrected chi connectivity index (χ2v) is 7.92. The molecule has 1 heterocycles. The molecule has 25 heavy (non-hydrogen) atoms. The zero-order chi connectivity index (χ0) is 18.3. The minimum absolute atomic E-state index is 0. The van der Waals surface area contributed by atoms with E-state index in [-0.39, 0.29) is 29.4 Å². The van der Waals surface area contributed by atoms with Crippen LogP contribution in [0.5, 0.6) is 0 Å². The van der Waals surface area contributed by atoms with Gasteiger partial charge in [-0.3, -0.25) is 4.99 Å². The molecular formula is C18H36IN5O. The number of halogens is 1. The van der Waals surface area contributed by atoms with Gasteiger partial charge >= 0.3 is 0 Å². The summed E-state index contributed by atoms with van der Waals surface area (Å²) in [6.45, 7) is 12.2. The van der Waals surface area contributed by atoms with Gasteiger partial charge in [0, 0.05) is 25.0 Å². The highest BCUT2D eigenvalue weighted by molar-refractivity contribution is 14.0. The monoisotopic (exact) mass is 465 g/mol. The predicted molar refractivity (Wildman–Crippen MR) is 116 cm³/mol. The Hall–Kier alpha value is -0.830. The molecule has 0 fully saturated rings. The van der Waals surface area contributed by atoms with Crippen molar-refractivity contribution in [2.75, 3.05) is 27.7 Å². The molecule has 2 N–H and O–H groups in total. The molecule has 1 aromatic rings. The maximum atomic E-state index is 5.79. The lowest BCUT2D eigenvalue weighted by Crippen LogP contribution is -2.45. The molecule has 0 amide bonds. The van der Waals surface area contributed by atoms with Crippen LogP contribution in [0, 0.1) is 5.92 Å². The molecule has 0 saturated carbocycles. The molecule has 0 aromatic carbocycles. The summed E-state index contributed by atoms with van der Waals surface area (Å²) < 4.78 is 5.79. The number of aromatic nitrogens is 1. The molecule has 0 radical (unpaired) electrons. The van der Waals surface area contributed by atoms with Gasteiger partial charge in [0.05, 0.1) is 12.7 Å². The molecule has 1 aromatic heterocycles. The molecule has 0 saturated heterocycles.